The first-order chi connectivity index (χ1) is 17.9. The summed E-state index contributed by atoms with van der Waals surface area (Å²) >= 11 is 1.18. The molecule has 1 fully saturated rings. The van der Waals surface area contributed by atoms with Crippen LogP contribution >= 0.6 is 11.3 Å². The lowest BCUT2D eigenvalue weighted by Gasteiger charge is -2.24. The highest BCUT2D eigenvalue weighted by Gasteiger charge is 2.48. The fourth-order valence-corrected chi connectivity index (χ4v) is 5.03. The normalized spacial score (nSPS) is 18.2. The van der Waals surface area contributed by atoms with Gasteiger partial charge in [0.15, 0.2) is 23.0 Å². The van der Waals surface area contributed by atoms with Crippen LogP contribution in [0.15, 0.2) is 42.0 Å². The summed E-state index contributed by atoms with van der Waals surface area (Å²) in [6.45, 7) is 7.08. The van der Waals surface area contributed by atoms with Crippen LogP contribution in [0, 0.1) is 6.92 Å². The minimum Gasteiger partial charge on any atom is -0.507 e. The number of ether oxygens (including phenoxy) is 4. The summed E-state index contributed by atoms with van der Waals surface area (Å²) in [6, 6.07) is 9.06. The number of aromatic nitrogens is 2. The fourth-order valence-electron chi connectivity index (χ4n) is 4.31. The van der Waals surface area contributed by atoms with Crippen molar-refractivity contribution in [1.29, 1.82) is 0 Å². The number of Topliss-reactive ketones (excluding diaryl/α,β-unsaturated/α-hetero) is 1. The molecule has 2 aliphatic rings. The lowest BCUT2D eigenvalue weighted by atomic mass is 9.95. The fraction of sp³-hybridized carbons (Fsp3) is 0.308. The topological polar surface area (TPSA) is 120 Å². The number of aliphatic hydroxyl groups excluding tert-OH is 1. The maximum Gasteiger partial charge on any atom is 0.301 e. The molecule has 11 heteroatoms. The second-order valence-electron chi connectivity index (χ2n) is 8.20. The van der Waals surface area contributed by atoms with Crippen LogP contribution in [0.25, 0.3) is 5.76 Å². The third-order valence-corrected chi connectivity index (χ3v) is 6.70. The van der Waals surface area contributed by atoms with Gasteiger partial charge >= 0.3 is 5.91 Å². The third kappa shape index (κ3) is 4.46. The number of carbonyl (C=O) groups is 2. The summed E-state index contributed by atoms with van der Waals surface area (Å²) in [4.78, 5) is 28.0. The van der Waals surface area contributed by atoms with Crippen molar-refractivity contribution < 1.29 is 33.6 Å². The molecule has 0 bridgehead atoms. The average molecular weight is 524 g/mol. The average Bonchev–Trinajstić information content (AvgIpc) is 3.44. The van der Waals surface area contributed by atoms with Crippen LogP contribution in [0.1, 0.15) is 36.0 Å². The standard InChI is InChI=1S/C26H25N3O7S/c1-4-33-17-8-6-15(12-19(17)34-5-2)22-21(24(31)25(32)29(22)26-28-27-14(3)37-26)23(30)16-7-9-18-20(13-16)36-11-10-35-18/h6-9,12-13,22,30H,4-5,10-11H2,1-3H3/b23-21+. The Labute approximate surface area is 217 Å². The highest BCUT2D eigenvalue weighted by atomic mass is 32.1. The smallest absolute Gasteiger partial charge is 0.301 e. The number of hydrogen-bond acceptors (Lipinski definition) is 10. The summed E-state index contributed by atoms with van der Waals surface area (Å²) in [5.41, 5.74) is 0.774. The third-order valence-electron chi connectivity index (χ3n) is 5.86. The highest BCUT2D eigenvalue weighted by molar-refractivity contribution is 7.15. The molecule has 0 aliphatic carbocycles. The van der Waals surface area contributed by atoms with Crippen molar-refractivity contribution in [3.05, 3.63) is 58.1 Å². The van der Waals surface area contributed by atoms with Gasteiger partial charge in [0.05, 0.1) is 24.8 Å². The van der Waals surface area contributed by atoms with E-state index in [0.29, 0.717) is 65.6 Å². The van der Waals surface area contributed by atoms with Gasteiger partial charge in [-0.2, -0.15) is 0 Å². The molecule has 5 rings (SSSR count). The highest BCUT2D eigenvalue weighted by Crippen LogP contribution is 2.45. The van der Waals surface area contributed by atoms with E-state index in [1.807, 2.05) is 13.8 Å². The Kier molecular flexibility index (Phi) is 6.70. The largest absolute Gasteiger partial charge is 0.507 e. The van der Waals surface area contributed by atoms with E-state index in [0.717, 1.165) is 0 Å². The summed E-state index contributed by atoms with van der Waals surface area (Å²) in [6.07, 6.45) is 0. The van der Waals surface area contributed by atoms with Gasteiger partial charge in [-0.15, -0.1) is 10.2 Å². The van der Waals surface area contributed by atoms with Gasteiger partial charge in [0.2, 0.25) is 5.13 Å². The number of ketones is 1. The van der Waals surface area contributed by atoms with E-state index in [-0.39, 0.29) is 16.5 Å². The quantitative estimate of drug-likeness (QED) is 0.278. The number of fused-ring (bicyclic) bond motifs is 1. The van der Waals surface area contributed by atoms with Crippen molar-refractivity contribution in [2.45, 2.75) is 26.8 Å². The number of aryl methyl sites for hydroxylation is 1. The molecule has 1 N–H and O–H groups in total. The Balaban J connectivity index is 1.69. The number of amides is 1. The molecular formula is C26H25N3O7S. The summed E-state index contributed by atoms with van der Waals surface area (Å²) < 4.78 is 22.7. The molecular weight excluding hydrogens is 498 g/mol. The van der Waals surface area contributed by atoms with Crippen LogP contribution in [0.2, 0.25) is 0 Å². The predicted octanol–water partition coefficient (Wildman–Crippen LogP) is 4.04. The zero-order valence-corrected chi connectivity index (χ0v) is 21.3. The lowest BCUT2D eigenvalue weighted by molar-refractivity contribution is -0.132. The minimum absolute atomic E-state index is 0.0823. The molecule has 2 aromatic carbocycles. The molecule has 0 spiro atoms. The number of anilines is 1. The van der Waals surface area contributed by atoms with E-state index in [1.54, 1.807) is 43.3 Å². The molecule has 10 nitrogen and oxygen atoms in total. The molecule has 2 aliphatic heterocycles. The zero-order valence-electron chi connectivity index (χ0n) is 20.5. The molecule has 0 radical (unpaired) electrons. The van der Waals surface area contributed by atoms with Crippen LogP contribution in [0.4, 0.5) is 5.13 Å². The molecule has 192 valence electrons. The number of hydrogen-bond donors (Lipinski definition) is 1. The Hall–Kier alpha value is -4.12. The maximum absolute atomic E-state index is 13.4. The van der Waals surface area contributed by atoms with Crippen LogP contribution < -0.4 is 23.8 Å². The maximum atomic E-state index is 13.4. The number of benzene rings is 2. The van der Waals surface area contributed by atoms with E-state index in [4.69, 9.17) is 18.9 Å². The molecule has 1 atom stereocenters. The Morgan fingerprint density at radius 3 is 2.46 bits per heavy atom. The van der Waals surface area contributed by atoms with E-state index in [9.17, 15) is 14.7 Å². The molecule has 3 aromatic rings. The lowest BCUT2D eigenvalue weighted by Crippen LogP contribution is -2.29. The number of nitrogens with zero attached hydrogens (tertiary/aromatic N) is 3. The van der Waals surface area contributed by atoms with Gasteiger partial charge in [-0.05, 0) is 56.7 Å². The first-order valence-corrected chi connectivity index (χ1v) is 12.6. The Morgan fingerprint density at radius 2 is 1.76 bits per heavy atom. The van der Waals surface area contributed by atoms with Crippen LogP contribution in [0.3, 0.4) is 0 Å². The van der Waals surface area contributed by atoms with Gasteiger partial charge < -0.3 is 24.1 Å². The SMILES string of the molecule is CCOc1ccc(C2/C(=C(\O)c3ccc4c(c3)OCCO4)C(=O)C(=O)N2c2nnc(C)s2)cc1OCC. The summed E-state index contributed by atoms with van der Waals surface area (Å²) in [5, 5.41) is 20.4. The zero-order chi connectivity index (χ0) is 26.1. The van der Waals surface area contributed by atoms with Gasteiger partial charge in [-0.25, -0.2) is 0 Å². The van der Waals surface area contributed by atoms with Crippen LogP contribution in [0.5, 0.6) is 23.0 Å². The molecule has 1 aromatic heterocycles. The van der Waals surface area contributed by atoms with Crippen molar-refractivity contribution in [1.82, 2.24) is 10.2 Å². The molecule has 1 saturated heterocycles. The van der Waals surface area contributed by atoms with Crippen molar-refractivity contribution in [2.75, 3.05) is 31.3 Å². The van der Waals surface area contributed by atoms with Crippen molar-refractivity contribution in [3.63, 3.8) is 0 Å². The first-order valence-electron chi connectivity index (χ1n) is 11.8. The van der Waals surface area contributed by atoms with E-state index in [2.05, 4.69) is 10.2 Å². The van der Waals surface area contributed by atoms with Crippen LogP contribution in [-0.2, 0) is 9.59 Å². The molecule has 1 unspecified atom stereocenters. The van der Waals surface area contributed by atoms with Crippen LogP contribution in [-0.4, -0.2) is 53.4 Å². The van der Waals surface area contributed by atoms with Crippen molar-refractivity contribution in [2.24, 2.45) is 0 Å². The Morgan fingerprint density at radius 1 is 1.03 bits per heavy atom. The van der Waals surface area contributed by atoms with Gasteiger partial charge in [-0.1, -0.05) is 17.4 Å². The second kappa shape index (κ2) is 10.1. The van der Waals surface area contributed by atoms with Gasteiger partial charge in [0, 0.05) is 5.56 Å². The van der Waals surface area contributed by atoms with Gasteiger partial charge in [0.25, 0.3) is 5.78 Å². The van der Waals surface area contributed by atoms with Gasteiger partial charge in [-0.3, -0.25) is 14.5 Å². The minimum atomic E-state index is -0.976. The number of rotatable bonds is 7. The monoisotopic (exact) mass is 523 g/mol. The number of carbonyl (C=O) groups excluding carboxylic acids is 2. The summed E-state index contributed by atoms with van der Waals surface area (Å²) in [7, 11) is 0. The molecule has 37 heavy (non-hydrogen) atoms. The van der Waals surface area contributed by atoms with E-state index < -0.39 is 17.7 Å². The first kappa shape index (κ1) is 24.6. The molecule has 3 heterocycles. The number of aliphatic hydroxyl groups is 1. The van der Waals surface area contributed by atoms with Gasteiger partial charge in [0.1, 0.15) is 24.0 Å². The second-order valence-corrected chi connectivity index (χ2v) is 9.36. The summed E-state index contributed by atoms with van der Waals surface area (Å²) in [5.74, 6) is -0.0125. The molecule has 1 amide bonds. The van der Waals surface area contributed by atoms with E-state index >= 15 is 0 Å². The van der Waals surface area contributed by atoms with E-state index in [1.165, 1.54) is 16.2 Å². The predicted molar refractivity (Wildman–Crippen MR) is 136 cm³/mol. The Bertz CT molecular complexity index is 1400. The molecule has 0 saturated carbocycles. The van der Waals surface area contributed by atoms with Crippen molar-refractivity contribution in [3.8, 4) is 23.0 Å². The van der Waals surface area contributed by atoms with Crippen molar-refractivity contribution >= 4 is 33.9 Å².